The van der Waals surface area contributed by atoms with E-state index in [1.807, 2.05) is 6.08 Å². The summed E-state index contributed by atoms with van der Waals surface area (Å²) in [5, 5.41) is 2.82. The number of amides is 1. The zero-order valence-corrected chi connectivity index (χ0v) is 19.7. The fourth-order valence-electron chi connectivity index (χ4n) is 5.42. The van der Waals surface area contributed by atoms with Gasteiger partial charge in [0.05, 0.1) is 29.3 Å². The van der Waals surface area contributed by atoms with Gasteiger partial charge in [-0.2, -0.15) is 0 Å². The van der Waals surface area contributed by atoms with E-state index in [4.69, 9.17) is 14.5 Å². The van der Waals surface area contributed by atoms with Crippen LogP contribution in [0.25, 0.3) is 0 Å². The van der Waals surface area contributed by atoms with Gasteiger partial charge in [0.15, 0.2) is 0 Å². The van der Waals surface area contributed by atoms with Crippen molar-refractivity contribution in [1.29, 1.82) is 0 Å². The minimum atomic E-state index is -2.93. The van der Waals surface area contributed by atoms with E-state index in [0.29, 0.717) is 44.4 Å². The molecule has 6 nitrogen and oxygen atoms in total. The van der Waals surface area contributed by atoms with E-state index in [0.717, 1.165) is 37.3 Å². The molecule has 2 fully saturated rings. The number of carbonyl (C=O) groups is 1. The molecule has 1 aromatic rings. The Bertz CT molecular complexity index is 1070. The molecule has 2 saturated heterocycles. The number of nitrogens with zero attached hydrogens (tertiary/aromatic N) is 2. The van der Waals surface area contributed by atoms with Crippen LogP contribution in [0.3, 0.4) is 0 Å². The van der Waals surface area contributed by atoms with Crippen molar-refractivity contribution < 1.29 is 27.4 Å². The fraction of sp³-hybridized carbons (Fsp3) is 0.538. The normalized spacial score (nSPS) is 23.0. The van der Waals surface area contributed by atoms with E-state index in [1.165, 1.54) is 12.1 Å². The lowest BCUT2D eigenvalue weighted by Crippen LogP contribution is -2.52. The second-order valence-electron chi connectivity index (χ2n) is 9.67. The van der Waals surface area contributed by atoms with E-state index in [9.17, 15) is 18.0 Å². The zero-order chi connectivity index (χ0) is 24.6. The lowest BCUT2D eigenvalue weighted by atomic mass is 9.85. The van der Waals surface area contributed by atoms with Crippen LogP contribution in [-0.2, 0) is 14.3 Å². The molecular weight excluding hydrogens is 459 g/mol. The maximum absolute atomic E-state index is 14.7. The van der Waals surface area contributed by atoms with Gasteiger partial charge in [-0.25, -0.2) is 13.2 Å². The molecular formula is C26H30F3N3O3. The lowest BCUT2D eigenvalue weighted by Gasteiger charge is -2.43. The topological polar surface area (TPSA) is 63.2 Å². The molecule has 188 valence electrons. The predicted octanol–water partition coefficient (Wildman–Crippen LogP) is 4.45. The number of nitrogens with one attached hydrogen (secondary N) is 1. The van der Waals surface area contributed by atoms with E-state index >= 15 is 0 Å². The highest BCUT2D eigenvalue weighted by Crippen LogP contribution is 2.40. The van der Waals surface area contributed by atoms with E-state index in [2.05, 4.69) is 16.4 Å². The van der Waals surface area contributed by atoms with Gasteiger partial charge in [-0.15, -0.1) is 0 Å². The molecule has 0 unspecified atom stereocenters. The highest BCUT2D eigenvalue weighted by atomic mass is 19.3. The largest absolute Gasteiger partial charge is 0.381 e. The van der Waals surface area contributed by atoms with E-state index in [1.54, 1.807) is 6.92 Å². The number of hydrogen-bond acceptors (Lipinski definition) is 5. The van der Waals surface area contributed by atoms with Gasteiger partial charge in [0.25, 0.3) is 12.3 Å². The molecule has 0 radical (unpaired) electrons. The predicted molar refractivity (Wildman–Crippen MR) is 125 cm³/mol. The Balaban J connectivity index is 1.43. The lowest BCUT2D eigenvalue weighted by molar-refractivity contribution is -0.117. The smallest absolute Gasteiger partial charge is 0.266 e. The van der Waals surface area contributed by atoms with Gasteiger partial charge in [-0.05, 0) is 50.2 Å². The Labute approximate surface area is 202 Å². The first-order valence-corrected chi connectivity index (χ1v) is 12.2. The summed E-state index contributed by atoms with van der Waals surface area (Å²) in [6.07, 6.45) is 4.47. The van der Waals surface area contributed by atoms with Gasteiger partial charge in [0.2, 0.25) is 0 Å². The summed E-state index contributed by atoms with van der Waals surface area (Å²) >= 11 is 0. The number of rotatable bonds is 5. The summed E-state index contributed by atoms with van der Waals surface area (Å²) in [5.41, 5.74) is 0.628. The molecule has 0 saturated carbocycles. The van der Waals surface area contributed by atoms with Crippen LogP contribution in [-0.4, -0.2) is 55.2 Å². The molecule has 35 heavy (non-hydrogen) atoms. The molecule has 0 bridgehead atoms. The second-order valence-corrected chi connectivity index (χ2v) is 9.67. The maximum atomic E-state index is 14.7. The summed E-state index contributed by atoms with van der Waals surface area (Å²) in [6.45, 7) is 4.80. The summed E-state index contributed by atoms with van der Waals surface area (Å²) in [7, 11) is 0. The molecule has 4 aliphatic rings. The number of alkyl halides is 2. The van der Waals surface area contributed by atoms with Crippen LogP contribution in [0.5, 0.6) is 0 Å². The number of allylic oxidation sites excluding steroid dienone is 2. The summed E-state index contributed by atoms with van der Waals surface area (Å²) < 4.78 is 52.2. The third-order valence-electron chi connectivity index (χ3n) is 7.56. The molecule has 1 spiro atoms. The number of aliphatic imine (C=N–C) groups is 1. The number of hydrogen-bond donors (Lipinski definition) is 1. The number of benzene rings is 1. The van der Waals surface area contributed by atoms with Gasteiger partial charge in [0, 0.05) is 38.2 Å². The third-order valence-corrected chi connectivity index (χ3v) is 7.56. The third kappa shape index (κ3) is 4.51. The zero-order valence-electron chi connectivity index (χ0n) is 19.7. The Morgan fingerprint density at radius 3 is 2.54 bits per heavy atom. The van der Waals surface area contributed by atoms with Crippen molar-refractivity contribution in [3.05, 3.63) is 58.6 Å². The van der Waals surface area contributed by atoms with Crippen molar-refractivity contribution in [3.63, 3.8) is 0 Å². The van der Waals surface area contributed by atoms with Crippen LogP contribution in [0.4, 0.5) is 13.2 Å². The number of carbonyl (C=O) groups excluding carboxylic acids is 1. The minimum absolute atomic E-state index is 0.0267. The molecule has 1 aromatic carbocycles. The van der Waals surface area contributed by atoms with Crippen LogP contribution in [0.15, 0.2) is 46.6 Å². The number of fused-ring (bicyclic) bond motifs is 2. The highest BCUT2D eigenvalue weighted by molar-refractivity contribution is 6.22. The average Bonchev–Trinajstić information content (AvgIpc) is 3.21. The quantitative estimate of drug-likeness (QED) is 0.664. The molecule has 5 rings (SSSR count). The molecule has 1 amide bonds. The minimum Gasteiger partial charge on any atom is -0.381 e. The first kappa shape index (κ1) is 24.1. The molecule has 1 atom stereocenters. The number of amidine groups is 1. The molecule has 4 aliphatic heterocycles. The summed E-state index contributed by atoms with van der Waals surface area (Å²) in [5.74, 6) is -0.515. The molecule has 1 N–H and O–H groups in total. The van der Waals surface area contributed by atoms with Gasteiger partial charge in [-0.1, -0.05) is 18.2 Å². The van der Waals surface area contributed by atoms with Crippen molar-refractivity contribution in [2.75, 3.05) is 33.0 Å². The van der Waals surface area contributed by atoms with Crippen LogP contribution in [0, 0.1) is 11.7 Å². The van der Waals surface area contributed by atoms with Crippen molar-refractivity contribution in [3.8, 4) is 0 Å². The Morgan fingerprint density at radius 1 is 1.14 bits per heavy atom. The fourth-order valence-corrected chi connectivity index (χ4v) is 5.42. The standard InChI is InChI=1S/C26H30F3N3O3/c1-16(19-3-2-4-20(22(19)27)23(28)29)31-25(33)21-13-18(17-5-9-34-10-6-17)14-32-24(21)30-15-26(32)7-11-35-12-8-26/h2-4,13-14,16-17,23H,5-12,15H2,1H3,(H,31,33)/t16-/m1/s1. The first-order chi connectivity index (χ1) is 16.9. The van der Waals surface area contributed by atoms with Gasteiger partial charge >= 0.3 is 0 Å². The second kappa shape index (κ2) is 9.78. The van der Waals surface area contributed by atoms with Crippen molar-refractivity contribution in [2.45, 2.75) is 50.6 Å². The van der Waals surface area contributed by atoms with Crippen molar-refractivity contribution in [1.82, 2.24) is 10.2 Å². The SMILES string of the molecule is C[C@@H](NC(=O)C1=CC(C2CCOCC2)=CN2C1=NCC21CCOCC1)c1cccc(C(F)F)c1F. The van der Waals surface area contributed by atoms with Crippen LogP contribution < -0.4 is 5.32 Å². The Hall–Kier alpha value is -2.65. The van der Waals surface area contributed by atoms with Gasteiger partial charge in [-0.3, -0.25) is 9.79 Å². The summed E-state index contributed by atoms with van der Waals surface area (Å²) in [4.78, 5) is 20.4. The number of halogens is 3. The van der Waals surface area contributed by atoms with Crippen molar-refractivity contribution in [2.24, 2.45) is 10.9 Å². The first-order valence-electron chi connectivity index (χ1n) is 12.2. The molecule has 4 heterocycles. The maximum Gasteiger partial charge on any atom is 0.266 e. The molecule has 0 aromatic heterocycles. The Kier molecular flexibility index (Phi) is 6.72. The van der Waals surface area contributed by atoms with Crippen LogP contribution >= 0.6 is 0 Å². The highest BCUT2D eigenvalue weighted by Gasteiger charge is 2.46. The van der Waals surface area contributed by atoms with Crippen molar-refractivity contribution >= 4 is 11.7 Å². The van der Waals surface area contributed by atoms with Crippen LogP contribution in [0.1, 0.15) is 56.2 Å². The van der Waals surface area contributed by atoms with Gasteiger partial charge in [0.1, 0.15) is 11.7 Å². The monoisotopic (exact) mass is 489 g/mol. The van der Waals surface area contributed by atoms with E-state index in [-0.39, 0.29) is 17.0 Å². The van der Waals surface area contributed by atoms with Crippen LogP contribution in [0.2, 0.25) is 0 Å². The molecule has 0 aliphatic carbocycles. The molecule has 9 heteroatoms. The average molecular weight is 490 g/mol. The summed E-state index contributed by atoms with van der Waals surface area (Å²) in [6, 6.07) is 3.06. The number of ether oxygens (including phenoxy) is 2. The Morgan fingerprint density at radius 2 is 1.83 bits per heavy atom. The van der Waals surface area contributed by atoms with Gasteiger partial charge < -0.3 is 19.7 Å². The van der Waals surface area contributed by atoms with E-state index < -0.39 is 29.8 Å².